The number of amides is 1. The van der Waals surface area contributed by atoms with Crippen LogP contribution in [0, 0.1) is 0 Å². The molecule has 0 unspecified atom stereocenters. The number of halogens is 1. The van der Waals surface area contributed by atoms with Crippen LogP contribution in [-0.2, 0) is 12.8 Å². The Bertz CT molecular complexity index is 1370. The Labute approximate surface area is 193 Å². The van der Waals surface area contributed by atoms with E-state index < -0.39 is 0 Å². The molecule has 1 fully saturated rings. The molecule has 32 heavy (non-hydrogen) atoms. The van der Waals surface area contributed by atoms with E-state index in [2.05, 4.69) is 15.5 Å². The Kier molecular flexibility index (Phi) is 5.65. The van der Waals surface area contributed by atoms with Crippen LogP contribution < -0.4 is 10.9 Å². The highest BCUT2D eigenvalue weighted by atomic mass is 35.5. The second-order valence-electron chi connectivity index (χ2n) is 8.08. The molecule has 1 amide bonds. The van der Waals surface area contributed by atoms with Crippen LogP contribution in [0.2, 0.25) is 5.02 Å². The van der Waals surface area contributed by atoms with Gasteiger partial charge in [-0.25, -0.2) is 0 Å². The summed E-state index contributed by atoms with van der Waals surface area (Å²) in [7, 11) is 1.68. The third-order valence-corrected chi connectivity index (χ3v) is 7.18. The molecule has 0 saturated heterocycles. The number of hydrogen-bond donors (Lipinski definition) is 1. The molecule has 1 aliphatic carbocycles. The maximum atomic E-state index is 12.9. The first-order chi connectivity index (χ1) is 15.5. The molecule has 4 aromatic rings. The van der Waals surface area contributed by atoms with Crippen molar-refractivity contribution in [3.8, 4) is 0 Å². The Morgan fingerprint density at radius 1 is 1.16 bits per heavy atom. The lowest BCUT2D eigenvalue weighted by Gasteiger charge is -2.13. The quantitative estimate of drug-likeness (QED) is 0.445. The Morgan fingerprint density at radius 2 is 1.91 bits per heavy atom. The summed E-state index contributed by atoms with van der Waals surface area (Å²) in [6.07, 6.45) is 4.32. The minimum atomic E-state index is -0.170. The summed E-state index contributed by atoms with van der Waals surface area (Å²) in [6, 6.07) is 13.1. The van der Waals surface area contributed by atoms with E-state index >= 15 is 0 Å². The lowest BCUT2D eigenvalue weighted by molar-refractivity contribution is 0.0938. The maximum Gasteiger partial charge on any atom is 0.262 e. The zero-order valence-electron chi connectivity index (χ0n) is 17.5. The zero-order valence-corrected chi connectivity index (χ0v) is 19.1. The second kappa shape index (κ2) is 8.60. The monoisotopic (exact) mass is 467 g/mol. The zero-order chi connectivity index (χ0) is 22.2. The van der Waals surface area contributed by atoms with E-state index in [0.717, 1.165) is 31.2 Å². The van der Waals surface area contributed by atoms with Crippen molar-refractivity contribution >= 4 is 46.0 Å². The first-order valence-corrected chi connectivity index (χ1v) is 11.9. The lowest BCUT2D eigenvalue weighted by Crippen LogP contribution is -2.32. The van der Waals surface area contributed by atoms with Crippen molar-refractivity contribution in [2.45, 2.75) is 42.6 Å². The van der Waals surface area contributed by atoms with E-state index in [1.54, 1.807) is 25.2 Å². The highest BCUT2D eigenvalue weighted by Gasteiger charge is 2.20. The summed E-state index contributed by atoms with van der Waals surface area (Å²) in [4.78, 5) is 25.7. The number of nitrogens with one attached hydrogen (secondary N) is 1. The van der Waals surface area contributed by atoms with Crippen molar-refractivity contribution in [2.24, 2.45) is 7.05 Å². The minimum Gasteiger partial charge on any atom is -0.349 e. The fourth-order valence-electron chi connectivity index (χ4n) is 4.16. The Hall–Kier alpha value is -2.84. The van der Waals surface area contributed by atoms with Gasteiger partial charge in [-0.15, -0.1) is 10.2 Å². The van der Waals surface area contributed by atoms with Crippen LogP contribution in [-0.4, -0.2) is 31.1 Å². The molecule has 9 heteroatoms. The predicted molar refractivity (Wildman–Crippen MR) is 126 cm³/mol. The van der Waals surface area contributed by atoms with Crippen LogP contribution in [0.3, 0.4) is 0 Å². The van der Waals surface area contributed by atoms with Gasteiger partial charge in [-0.2, -0.15) is 0 Å². The van der Waals surface area contributed by atoms with Gasteiger partial charge in [0, 0.05) is 29.4 Å². The number of carbonyl (C=O) groups excluding carboxylic acids is 1. The summed E-state index contributed by atoms with van der Waals surface area (Å²) < 4.78 is 3.34. The normalized spacial score (nSPS) is 14.4. The van der Waals surface area contributed by atoms with Gasteiger partial charge in [-0.05, 0) is 48.7 Å². The first kappa shape index (κ1) is 21.0. The van der Waals surface area contributed by atoms with Crippen molar-refractivity contribution in [2.75, 3.05) is 0 Å². The molecule has 1 N–H and O–H groups in total. The standard InChI is InChI=1S/C23H22ClN5O2S/c1-28-21(31)18-11-8-15(20(30)25-17-4-2-3-5-17)12-19(18)29-22(28)26-27-23(29)32-13-14-6-9-16(24)10-7-14/h6-12,17H,2-5,13H2,1H3,(H,25,30). The van der Waals surface area contributed by atoms with E-state index in [-0.39, 0.29) is 17.5 Å². The van der Waals surface area contributed by atoms with Gasteiger partial charge in [0.1, 0.15) is 0 Å². The topological polar surface area (TPSA) is 81.3 Å². The fraction of sp³-hybridized carbons (Fsp3) is 0.304. The fourth-order valence-corrected chi connectivity index (χ4v) is 5.18. The third-order valence-electron chi connectivity index (χ3n) is 5.92. The van der Waals surface area contributed by atoms with Crippen molar-refractivity contribution in [3.05, 3.63) is 69.0 Å². The van der Waals surface area contributed by atoms with Crippen molar-refractivity contribution in [3.63, 3.8) is 0 Å². The van der Waals surface area contributed by atoms with E-state index in [1.165, 1.54) is 16.3 Å². The number of aryl methyl sites for hydroxylation is 1. The largest absolute Gasteiger partial charge is 0.349 e. The number of hydrogen-bond acceptors (Lipinski definition) is 5. The van der Waals surface area contributed by atoms with E-state index in [4.69, 9.17) is 11.6 Å². The Balaban J connectivity index is 1.55. The molecule has 0 aliphatic heterocycles. The average molecular weight is 468 g/mol. The van der Waals surface area contributed by atoms with Crippen LogP contribution in [0.15, 0.2) is 52.4 Å². The first-order valence-electron chi connectivity index (χ1n) is 10.6. The second-order valence-corrected chi connectivity index (χ2v) is 9.46. The van der Waals surface area contributed by atoms with Gasteiger partial charge in [0.05, 0.1) is 10.9 Å². The molecular weight excluding hydrogens is 446 g/mol. The predicted octanol–water partition coefficient (Wildman–Crippen LogP) is 4.20. The molecule has 164 valence electrons. The summed E-state index contributed by atoms with van der Waals surface area (Å²) in [5.74, 6) is 0.995. The summed E-state index contributed by atoms with van der Waals surface area (Å²) in [6.45, 7) is 0. The average Bonchev–Trinajstić information content (AvgIpc) is 3.47. The van der Waals surface area contributed by atoms with Crippen LogP contribution in [0.4, 0.5) is 0 Å². The summed E-state index contributed by atoms with van der Waals surface area (Å²) in [5.41, 5.74) is 2.09. The Morgan fingerprint density at radius 3 is 2.66 bits per heavy atom. The number of benzene rings is 2. The molecule has 2 heterocycles. The van der Waals surface area contributed by atoms with Gasteiger partial charge in [-0.3, -0.25) is 18.6 Å². The highest BCUT2D eigenvalue weighted by Crippen LogP contribution is 2.26. The molecule has 2 aromatic heterocycles. The van der Waals surface area contributed by atoms with Gasteiger partial charge in [-0.1, -0.05) is 48.3 Å². The maximum absolute atomic E-state index is 12.9. The highest BCUT2D eigenvalue weighted by molar-refractivity contribution is 7.98. The van der Waals surface area contributed by atoms with E-state index in [1.807, 2.05) is 28.7 Å². The number of aromatic nitrogens is 4. The number of rotatable bonds is 5. The van der Waals surface area contributed by atoms with Gasteiger partial charge in [0.15, 0.2) is 5.16 Å². The molecule has 1 saturated carbocycles. The van der Waals surface area contributed by atoms with Crippen LogP contribution in [0.25, 0.3) is 16.7 Å². The number of carbonyl (C=O) groups is 1. The smallest absolute Gasteiger partial charge is 0.262 e. The summed E-state index contributed by atoms with van der Waals surface area (Å²) in [5, 5.41) is 13.6. The molecule has 0 radical (unpaired) electrons. The molecule has 7 nitrogen and oxygen atoms in total. The number of fused-ring (bicyclic) bond motifs is 3. The van der Waals surface area contributed by atoms with Crippen molar-refractivity contribution in [1.82, 2.24) is 24.5 Å². The molecule has 5 rings (SSSR count). The third kappa shape index (κ3) is 3.89. The van der Waals surface area contributed by atoms with Crippen molar-refractivity contribution < 1.29 is 4.79 Å². The number of thioether (sulfide) groups is 1. The van der Waals surface area contributed by atoms with Gasteiger partial charge >= 0.3 is 0 Å². The molecule has 1 aliphatic rings. The minimum absolute atomic E-state index is 0.115. The molecule has 0 bridgehead atoms. The van der Waals surface area contributed by atoms with Gasteiger partial charge < -0.3 is 5.32 Å². The number of nitrogens with zero attached hydrogens (tertiary/aromatic N) is 4. The molecule has 0 atom stereocenters. The van der Waals surface area contributed by atoms with Crippen molar-refractivity contribution in [1.29, 1.82) is 0 Å². The molecule has 0 spiro atoms. The molecule has 2 aromatic carbocycles. The molecular formula is C23H22ClN5O2S. The van der Waals surface area contributed by atoms with Crippen LogP contribution in [0.1, 0.15) is 41.6 Å². The van der Waals surface area contributed by atoms with E-state index in [0.29, 0.717) is 38.2 Å². The van der Waals surface area contributed by atoms with Crippen LogP contribution >= 0.6 is 23.4 Å². The lowest BCUT2D eigenvalue weighted by atomic mass is 10.1. The summed E-state index contributed by atoms with van der Waals surface area (Å²) >= 11 is 7.50. The van der Waals surface area contributed by atoms with E-state index in [9.17, 15) is 9.59 Å². The van der Waals surface area contributed by atoms with Crippen LogP contribution in [0.5, 0.6) is 0 Å². The van der Waals surface area contributed by atoms with Gasteiger partial charge in [0.2, 0.25) is 5.78 Å². The SMILES string of the molecule is Cn1c(=O)c2ccc(C(=O)NC3CCCC3)cc2n2c(SCc3ccc(Cl)cc3)nnc12. The van der Waals surface area contributed by atoms with Gasteiger partial charge in [0.25, 0.3) is 11.5 Å².